The summed E-state index contributed by atoms with van der Waals surface area (Å²) >= 11 is 5.81. The Balaban J connectivity index is 3.06. The second-order valence-electron chi connectivity index (χ2n) is 2.47. The van der Waals surface area contributed by atoms with Crippen molar-refractivity contribution in [1.29, 1.82) is 0 Å². The molecule has 0 spiro atoms. The molecule has 1 rings (SSSR count). The fraction of sp³-hybridized carbons (Fsp3) is 0.333. The molecule has 0 radical (unpaired) electrons. The van der Waals surface area contributed by atoms with Gasteiger partial charge in [-0.25, -0.2) is 0 Å². The van der Waals surface area contributed by atoms with Crippen molar-refractivity contribution in [2.24, 2.45) is 5.73 Å². The van der Waals surface area contributed by atoms with Crippen molar-refractivity contribution < 1.29 is 0 Å². The molecule has 60 valence electrons. The van der Waals surface area contributed by atoms with Gasteiger partial charge in [-0.2, -0.15) is 0 Å². The van der Waals surface area contributed by atoms with Crippen molar-refractivity contribution >= 4 is 11.6 Å². The molecule has 2 N–H and O–H groups in total. The Hall–Kier alpha value is -0.530. The molecular weight excluding hydrogens is 158 g/mol. The summed E-state index contributed by atoms with van der Waals surface area (Å²) in [7, 11) is 0. The number of hydrogen-bond donors (Lipinski definition) is 1. The fourth-order valence-corrected chi connectivity index (χ4v) is 1.32. The molecule has 0 saturated heterocycles. The number of rotatable bonds is 2. The molecule has 0 atom stereocenters. The zero-order valence-electron chi connectivity index (χ0n) is 6.60. The standard InChI is InChI=1S/C9H12ClN/c1-2-7-5-9(10)4-3-8(7)6-11/h3-5H,2,6,11H2,1H3. The highest BCUT2D eigenvalue weighted by Crippen LogP contribution is 2.15. The number of aryl methyl sites for hydroxylation is 1. The van der Waals surface area contributed by atoms with E-state index in [0.717, 1.165) is 11.4 Å². The van der Waals surface area contributed by atoms with Crippen LogP contribution in [-0.2, 0) is 13.0 Å². The largest absolute Gasteiger partial charge is 0.326 e. The van der Waals surface area contributed by atoms with E-state index < -0.39 is 0 Å². The van der Waals surface area contributed by atoms with Gasteiger partial charge in [-0.05, 0) is 29.7 Å². The minimum Gasteiger partial charge on any atom is -0.326 e. The molecular formula is C9H12ClN. The maximum absolute atomic E-state index is 5.81. The average molecular weight is 170 g/mol. The number of halogens is 1. The summed E-state index contributed by atoms with van der Waals surface area (Å²) in [6.07, 6.45) is 0.993. The summed E-state index contributed by atoms with van der Waals surface area (Å²) in [5.74, 6) is 0. The highest BCUT2D eigenvalue weighted by Gasteiger charge is 1.98. The molecule has 0 saturated carbocycles. The van der Waals surface area contributed by atoms with Gasteiger partial charge < -0.3 is 5.73 Å². The monoisotopic (exact) mass is 169 g/mol. The van der Waals surface area contributed by atoms with Gasteiger partial charge in [0.25, 0.3) is 0 Å². The second kappa shape index (κ2) is 3.74. The van der Waals surface area contributed by atoms with Crippen LogP contribution in [0, 0.1) is 0 Å². The first-order valence-electron chi connectivity index (χ1n) is 3.75. The molecule has 0 bridgehead atoms. The molecule has 0 aliphatic heterocycles. The fourth-order valence-electron chi connectivity index (χ4n) is 1.12. The van der Waals surface area contributed by atoms with E-state index >= 15 is 0 Å². The SMILES string of the molecule is CCc1cc(Cl)ccc1CN. The highest BCUT2D eigenvalue weighted by molar-refractivity contribution is 6.30. The Morgan fingerprint density at radius 2 is 2.09 bits per heavy atom. The lowest BCUT2D eigenvalue weighted by Gasteiger charge is -2.04. The van der Waals surface area contributed by atoms with Crippen LogP contribution in [0.2, 0.25) is 5.02 Å². The minimum absolute atomic E-state index is 0.598. The molecule has 0 unspecified atom stereocenters. The van der Waals surface area contributed by atoms with Crippen LogP contribution in [0.3, 0.4) is 0 Å². The molecule has 0 fully saturated rings. The lowest BCUT2D eigenvalue weighted by molar-refractivity contribution is 1.00. The van der Waals surface area contributed by atoms with Crippen LogP contribution < -0.4 is 5.73 Å². The van der Waals surface area contributed by atoms with Crippen LogP contribution in [0.4, 0.5) is 0 Å². The van der Waals surface area contributed by atoms with E-state index in [1.54, 1.807) is 0 Å². The summed E-state index contributed by atoms with van der Waals surface area (Å²) in [5, 5.41) is 0.791. The van der Waals surface area contributed by atoms with Gasteiger partial charge in [0.1, 0.15) is 0 Å². The maximum atomic E-state index is 5.81. The third kappa shape index (κ3) is 1.95. The zero-order chi connectivity index (χ0) is 8.27. The van der Waals surface area contributed by atoms with Crippen LogP contribution in [0.5, 0.6) is 0 Å². The molecule has 0 aromatic heterocycles. The predicted octanol–water partition coefficient (Wildman–Crippen LogP) is 2.36. The average Bonchev–Trinajstić information content (AvgIpc) is 2.04. The molecule has 0 heterocycles. The van der Waals surface area contributed by atoms with E-state index in [-0.39, 0.29) is 0 Å². The van der Waals surface area contributed by atoms with Crippen LogP contribution in [0.25, 0.3) is 0 Å². The van der Waals surface area contributed by atoms with Gasteiger partial charge in [-0.3, -0.25) is 0 Å². The van der Waals surface area contributed by atoms with Gasteiger partial charge in [0.15, 0.2) is 0 Å². The van der Waals surface area contributed by atoms with Crippen LogP contribution in [-0.4, -0.2) is 0 Å². The Bertz CT molecular complexity index is 245. The zero-order valence-corrected chi connectivity index (χ0v) is 7.36. The molecule has 1 aromatic rings. The summed E-state index contributed by atoms with van der Waals surface area (Å²) in [4.78, 5) is 0. The Kier molecular flexibility index (Phi) is 2.92. The quantitative estimate of drug-likeness (QED) is 0.723. The predicted molar refractivity (Wildman–Crippen MR) is 48.7 cm³/mol. The van der Waals surface area contributed by atoms with Gasteiger partial charge >= 0.3 is 0 Å². The second-order valence-corrected chi connectivity index (χ2v) is 2.91. The van der Waals surface area contributed by atoms with E-state index in [0.29, 0.717) is 6.54 Å². The van der Waals surface area contributed by atoms with Crippen molar-refractivity contribution in [1.82, 2.24) is 0 Å². The molecule has 0 amide bonds. The van der Waals surface area contributed by atoms with E-state index in [1.807, 2.05) is 18.2 Å². The van der Waals surface area contributed by atoms with Crippen LogP contribution in [0.15, 0.2) is 18.2 Å². The number of nitrogens with two attached hydrogens (primary N) is 1. The molecule has 0 aliphatic carbocycles. The van der Waals surface area contributed by atoms with Crippen molar-refractivity contribution in [3.63, 3.8) is 0 Å². The Labute approximate surface area is 72.2 Å². The summed E-state index contributed by atoms with van der Waals surface area (Å²) < 4.78 is 0. The van der Waals surface area contributed by atoms with E-state index in [4.69, 9.17) is 17.3 Å². The molecule has 11 heavy (non-hydrogen) atoms. The maximum Gasteiger partial charge on any atom is 0.0408 e. The van der Waals surface area contributed by atoms with Gasteiger partial charge in [0.2, 0.25) is 0 Å². The van der Waals surface area contributed by atoms with Gasteiger partial charge in [-0.15, -0.1) is 0 Å². The third-order valence-electron chi connectivity index (χ3n) is 1.77. The van der Waals surface area contributed by atoms with Gasteiger partial charge in [-0.1, -0.05) is 24.6 Å². The van der Waals surface area contributed by atoms with Crippen molar-refractivity contribution in [3.05, 3.63) is 34.3 Å². The van der Waals surface area contributed by atoms with Crippen molar-refractivity contribution in [2.45, 2.75) is 19.9 Å². The number of benzene rings is 1. The smallest absolute Gasteiger partial charge is 0.0408 e. The summed E-state index contributed by atoms with van der Waals surface area (Å²) in [6.45, 7) is 2.70. The molecule has 1 aromatic carbocycles. The van der Waals surface area contributed by atoms with Crippen molar-refractivity contribution in [3.8, 4) is 0 Å². The lowest BCUT2D eigenvalue weighted by atomic mass is 10.1. The van der Waals surface area contributed by atoms with Crippen LogP contribution >= 0.6 is 11.6 Å². The lowest BCUT2D eigenvalue weighted by Crippen LogP contribution is -2.00. The van der Waals surface area contributed by atoms with Gasteiger partial charge in [0.05, 0.1) is 0 Å². The minimum atomic E-state index is 0.598. The van der Waals surface area contributed by atoms with Crippen molar-refractivity contribution in [2.75, 3.05) is 0 Å². The normalized spacial score (nSPS) is 10.1. The Morgan fingerprint density at radius 1 is 1.36 bits per heavy atom. The van der Waals surface area contributed by atoms with Crippen LogP contribution in [0.1, 0.15) is 18.1 Å². The van der Waals surface area contributed by atoms with E-state index in [2.05, 4.69) is 6.92 Å². The van der Waals surface area contributed by atoms with E-state index in [1.165, 1.54) is 11.1 Å². The first-order valence-corrected chi connectivity index (χ1v) is 4.13. The van der Waals surface area contributed by atoms with E-state index in [9.17, 15) is 0 Å². The van der Waals surface area contributed by atoms with Gasteiger partial charge in [0, 0.05) is 11.6 Å². The molecule has 1 nitrogen and oxygen atoms in total. The third-order valence-corrected chi connectivity index (χ3v) is 2.00. The topological polar surface area (TPSA) is 26.0 Å². The summed E-state index contributed by atoms with van der Waals surface area (Å²) in [5.41, 5.74) is 7.97. The first-order chi connectivity index (χ1) is 5.27. The highest BCUT2D eigenvalue weighted by atomic mass is 35.5. The Morgan fingerprint density at radius 3 is 2.64 bits per heavy atom. The molecule has 2 heteroatoms. The summed E-state index contributed by atoms with van der Waals surface area (Å²) in [6, 6.07) is 5.84. The molecule has 0 aliphatic rings. The number of hydrogen-bond acceptors (Lipinski definition) is 1. The first kappa shape index (κ1) is 8.57.